The van der Waals surface area contributed by atoms with Crippen LogP contribution in [-0.2, 0) is 0 Å². The maximum absolute atomic E-state index is 6.09. The highest BCUT2D eigenvalue weighted by atomic mass is 35.5. The van der Waals surface area contributed by atoms with E-state index >= 15 is 0 Å². The van der Waals surface area contributed by atoms with Gasteiger partial charge in [-0.25, -0.2) is 0 Å². The summed E-state index contributed by atoms with van der Waals surface area (Å²) in [4.78, 5) is 4.64. The van der Waals surface area contributed by atoms with Crippen molar-refractivity contribution in [1.82, 2.24) is 9.80 Å². The molecule has 0 bridgehead atoms. The van der Waals surface area contributed by atoms with Crippen molar-refractivity contribution in [2.75, 3.05) is 33.7 Å². The zero-order valence-electron chi connectivity index (χ0n) is 12.4. The fourth-order valence-electron chi connectivity index (χ4n) is 2.65. The molecule has 0 fully saturated rings. The van der Waals surface area contributed by atoms with E-state index in [2.05, 4.69) is 43.8 Å². The second-order valence-corrected chi connectivity index (χ2v) is 5.68. The molecule has 2 atom stereocenters. The second-order valence-electron chi connectivity index (χ2n) is 5.25. The normalized spacial score (nSPS) is 14.9. The molecule has 108 valence electrons. The van der Waals surface area contributed by atoms with E-state index in [9.17, 15) is 0 Å². The standard InChI is InChI=1S/C15H26ClN3/c1-5-19(12(2)11-18(3)4)15(10-17)13-7-6-8-14(16)9-13/h6-9,12,15H,5,10-11,17H2,1-4H3. The van der Waals surface area contributed by atoms with Gasteiger partial charge in [-0.1, -0.05) is 30.7 Å². The van der Waals surface area contributed by atoms with Crippen LogP contribution >= 0.6 is 11.6 Å². The van der Waals surface area contributed by atoms with Gasteiger partial charge in [0.1, 0.15) is 0 Å². The molecule has 1 rings (SSSR count). The molecule has 0 spiro atoms. The summed E-state index contributed by atoms with van der Waals surface area (Å²) in [6.07, 6.45) is 0. The predicted octanol–water partition coefficient (Wildman–Crippen LogP) is 2.61. The molecule has 0 radical (unpaired) electrons. The summed E-state index contributed by atoms with van der Waals surface area (Å²) < 4.78 is 0. The van der Waals surface area contributed by atoms with Crippen molar-refractivity contribution in [2.45, 2.75) is 25.9 Å². The van der Waals surface area contributed by atoms with Crippen LogP contribution in [-0.4, -0.2) is 49.6 Å². The third kappa shape index (κ3) is 4.77. The van der Waals surface area contributed by atoms with Crippen LogP contribution in [0.3, 0.4) is 0 Å². The maximum Gasteiger partial charge on any atom is 0.0474 e. The number of hydrogen-bond donors (Lipinski definition) is 1. The predicted molar refractivity (Wildman–Crippen MR) is 83.6 cm³/mol. The van der Waals surface area contributed by atoms with Crippen LogP contribution in [0, 0.1) is 0 Å². The average molecular weight is 284 g/mol. The second kappa shape index (κ2) is 7.85. The van der Waals surface area contributed by atoms with Crippen molar-refractivity contribution in [3.8, 4) is 0 Å². The van der Waals surface area contributed by atoms with Gasteiger partial charge in [0.05, 0.1) is 0 Å². The third-order valence-electron chi connectivity index (χ3n) is 3.42. The Morgan fingerprint density at radius 3 is 2.47 bits per heavy atom. The fraction of sp³-hybridized carbons (Fsp3) is 0.600. The van der Waals surface area contributed by atoms with E-state index in [0.717, 1.165) is 18.1 Å². The van der Waals surface area contributed by atoms with Gasteiger partial charge >= 0.3 is 0 Å². The maximum atomic E-state index is 6.09. The van der Waals surface area contributed by atoms with Gasteiger partial charge < -0.3 is 10.6 Å². The smallest absolute Gasteiger partial charge is 0.0474 e. The number of halogens is 1. The summed E-state index contributed by atoms with van der Waals surface area (Å²) in [7, 11) is 4.20. The summed E-state index contributed by atoms with van der Waals surface area (Å²) >= 11 is 6.09. The first-order valence-corrected chi connectivity index (χ1v) is 7.23. The Morgan fingerprint density at radius 2 is 2.00 bits per heavy atom. The average Bonchev–Trinajstić information content (AvgIpc) is 2.34. The zero-order valence-corrected chi connectivity index (χ0v) is 13.2. The molecule has 0 amide bonds. The summed E-state index contributed by atoms with van der Waals surface area (Å²) in [6.45, 7) is 7.02. The third-order valence-corrected chi connectivity index (χ3v) is 3.65. The van der Waals surface area contributed by atoms with Crippen LogP contribution in [0.1, 0.15) is 25.5 Å². The minimum Gasteiger partial charge on any atom is -0.329 e. The topological polar surface area (TPSA) is 32.5 Å². The van der Waals surface area contributed by atoms with Crippen molar-refractivity contribution in [2.24, 2.45) is 5.73 Å². The molecule has 0 saturated carbocycles. The molecule has 2 unspecified atom stereocenters. The van der Waals surface area contributed by atoms with E-state index in [4.69, 9.17) is 17.3 Å². The van der Waals surface area contributed by atoms with E-state index in [1.54, 1.807) is 0 Å². The van der Waals surface area contributed by atoms with Crippen molar-refractivity contribution in [1.29, 1.82) is 0 Å². The van der Waals surface area contributed by atoms with E-state index in [1.807, 2.05) is 18.2 Å². The van der Waals surface area contributed by atoms with E-state index in [1.165, 1.54) is 5.56 Å². The fourth-order valence-corrected chi connectivity index (χ4v) is 2.85. The van der Waals surface area contributed by atoms with Crippen molar-refractivity contribution in [3.63, 3.8) is 0 Å². The Kier molecular flexibility index (Phi) is 6.80. The van der Waals surface area contributed by atoms with Crippen LogP contribution in [0.15, 0.2) is 24.3 Å². The van der Waals surface area contributed by atoms with Gasteiger partial charge in [0.2, 0.25) is 0 Å². The molecule has 1 aromatic carbocycles. The molecule has 1 aromatic rings. The van der Waals surface area contributed by atoms with E-state index in [0.29, 0.717) is 12.6 Å². The molecule has 0 heterocycles. The number of likely N-dealkylation sites (N-methyl/N-ethyl adjacent to an activating group) is 2. The van der Waals surface area contributed by atoms with Gasteiger partial charge in [0, 0.05) is 30.2 Å². The first-order chi connectivity index (χ1) is 8.99. The quantitative estimate of drug-likeness (QED) is 0.835. The summed E-state index contributed by atoms with van der Waals surface area (Å²) in [5, 5.41) is 0.771. The Bertz CT molecular complexity index is 381. The Labute approximate surface area is 122 Å². The van der Waals surface area contributed by atoms with Crippen LogP contribution in [0.2, 0.25) is 5.02 Å². The van der Waals surface area contributed by atoms with Crippen LogP contribution in [0.4, 0.5) is 0 Å². The number of nitrogens with two attached hydrogens (primary N) is 1. The van der Waals surface area contributed by atoms with Crippen molar-refractivity contribution < 1.29 is 0 Å². The van der Waals surface area contributed by atoms with Gasteiger partial charge in [0.15, 0.2) is 0 Å². The molecular formula is C15H26ClN3. The van der Waals surface area contributed by atoms with Crippen LogP contribution < -0.4 is 5.73 Å². The monoisotopic (exact) mass is 283 g/mol. The van der Waals surface area contributed by atoms with Gasteiger partial charge in [-0.2, -0.15) is 0 Å². The molecule has 19 heavy (non-hydrogen) atoms. The van der Waals surface area contributed by atoms with Crippen molar-refractivity contribution in [3.05, 3.63) is 34.9 Å². The lowest BCUT2D eigenvalue weighted by Gasteiger charge is -2.36. The van der Waals surface area contributed by atoms with E-state index in [-0.39, 0.29) is 6.04 Å². The summed E-state index contributed by atoms with van der Waals surface area (Å²) in [5.41, 5.74) is 7.20. The van der Waals surface area contributed by atoms with Gasteiger partial charge in [-0.3, -0.25) is 4.90 Å². The van der Waals surface area contributed by atoms with Crippen LogP contribution in [0.5, 0.6) is 0 Å². The lowest BCUT2D eigenvalue weighted by atomic mass is 10.0. The molecule has 3 nitrogen and oxygen atoms in total. The molecule has 0 saturated heterocycles. The number of rotatable bonds is 7. The lowest BCUT2D eigenvalue weighted by molar-refractivity contribution is 0.131. The summed E-state index contributed by atoms with van der Waals surface area (Å²) in [5.74, 6) is 0. The minimum atomic E-state index is 0.221. The highest BCUT2D eigenvalue weighted by Gasteiger charge is 2.23. The zero-order chi connectivity index (χ0) is 14.4. The summed E-state index contributed by atoms with van der Waals surface area (Å²) in [6, 6.07) is 8.69. The number of benzene rings is 1. The molecule has 0 aliphatic heterocycles. The molecule has 0 aliphatic rings. The first kappa shape index (κ1) is 16.4. The number of hydrogen-bond acceptors (Lipinski definition) is 3. The van der Waals surface area contributed by atoms with Gasteiger partial charge in [-0.05, 0) is 45.3 Å². The van der Waals surface area contributed by atoms with Gasteiger partial charge in [0.25, 0.3) is 0 Å². The van der Waals surface area contributed by atoms with E-state index < -0.39 is 0 Å². The highest BCUT2D eigenvalue weighted by Crippen LogP contribution is 2.24. The van der Waals surface area contributed by atoms with Crippen molar-refractivity contribution >= 4 is 11.6 Å². The molecular weight excluding hydrogens is 258 g/mol. The minimum absolute atomic E-state index is 0.221. The molecule has 0 aromatic heterocycles. The lowest BCUT2D eigenvalue weighted by Crippen LogP contribution is -2.44. The van der Waals surface area contributed by atoms with Crippen LogP contribution in [0.25, 0.3) is 0 Å². The molecule has 2 N–H and O–H groups in total. The molecule has 4 heteroatoms. The highest BCUT2D eigenvalue weighted by molar-refractivity contribution is 6.30. The Hall–Kier alpha value is -0.610. The first-order valence-electron chi connectivity index (χ1n) is 6.85. The Morgan fingerprint density at radius 1 is 1.32 bits per heavy atom. The largest absolute Gasteiger partial charge is 0.329 e. The molecule has 0 aliphatic carbocycles. The SMILES string of the molecule is CCN(C(C)CN(C)C)C(CN)c1cccc(Cl)c1. The number of nitrogens with zero attached hydrogens (tertiary/aromatic N) is 2. The van der Waals surface area contributed by atoms with Gasteiger partial charge in [-0.15, -0.1) is 0 Å². The Balaban J connectivity index is 2.92.